The molecule has 0 amide bonds. The Morgan fingerprint density at radius 1 is 1.30 bits per heavy atom. The Morgan fingerprint density at radius 3 is 2.97 bits per heavy atom. The molecule has 30 heavy (non-hydrogen) atoms. The summed E-state index contributed by atoms with van der Waals surface area (Å²) >= 11 is 0. The van der Waals surface area contributed by atoms with Crippen LogP contribution in [-0.2, 0) is 0 Å². The Labute approximate surface area is 176 Å². The van der Waals surface area contributed by atoms with Crippen molar-refractivity contribution >= 4 is 23.4 Å². The Kier molecular flexibility index (Phi) is 6.04. The molecule has 0 saturated heterocycles. The van der Waals surface area contributed by atoms with Crippen LogP contribution < -0.4 is 20.2 Å². The van der Waals surface area contributed by atoms with Crippen molar-refractivity contribution in [1.29, 1.82) is 0 Å². The molecule has 1 unspecified atom stereocenters. The molecule has 156 valence electrons. The molecule has 0 bridgehead atoms. The lowest BCUT2D eigenvalue weighted by molar-refractivity contribution is 0.415. The summed E-state index contributed by atoms with van der Waals surface area (Å²) in [5.74, 6) is 2.16. The number of nitrogens with zero attached hydrogens (tertiary/aromatic N) is 6. The summed E-state index contributed by atoms with van der Waals surface area (Å²) in [5, 5.41) is 10.2. The van der Waals surface area contributed by atoms with Crippen molar-refractivity contribution in [3.8, 4) is 5.75 Å². The summed E-state index contributed by atoms with van der Waals surface area (Å²) in [7, 11) is 3.49. The number of hydrogen-bond donors (Lipinski definition) is 1. The maximum atomic E-state index is 5.72. The van der Waals surface area contributed by atoms with E-state index in [-0.39, 0.29) is 0 Å². The average molecular weight is 406 g/mol. The lowest BCUT2D eigenvalue weighted by Gasteiger charge is -2.23. The maximum Gasteiger partial charge on any atom is 0.144 e. The number of aromatic nitrogens is 1. The predicted octanol–water partition coefficient (Wildman–Crippen LogP) is 4.40. The van der Waals surface area contributed by atoms with Crippen LogP contribution in [0.5, 0.6) is 5.75 Å². The Hall–Kier alpha value is -3.26. The number of aliphatic imine (C=N–C) groups is 1. The molecule has 0 radical (unpaired) electrons. The second-order valence-electron chi connectivity index (χ2n) is 7.29. The maximum absolute atomic E-state index is 5.72. The topological polar surface area (TPSA) is 77.7 Å². The van der Waals surface area contributed by atoms with Crippen molar-refractivity contribution in [3.05, 3.63) is 53.9 Å². The third-order valence-electron chi connectivity index (χ3n) is 5.29. The number of pyridine rings is 1. The minimum absolute atomic E-state index is 0.414. The summed E-state index contributed by atoms with van der Waals surface area (Å²) < 4.78 is 5.72. The molecule has 1 atom stereocenters. The van der Waals surface area contributed by atoms with Crippen LogP contribution in [0.25, 0.3) is 0 Å². The van der Waals surface area contributed by atoms with Crippen LogP contribution in [0.4, 0.5) is 17.2 Å². The van der Waals surface area contributed by atoms with E-state index in [4.69, 9.17) is 4.74 Å². The minimum Gasteiger partial charge on any atom is -0.494 e. The summed E-state index contributed by atoms with van der Waals surface area (Å²) in [6, 6.07) is 10.1. The number of ether oxygens (including phenoxy) is 1. The standard InChI is InChI=1S/C22H27N7O/c1-16-15-28(22-19(16)8-6-12-25-22)20-10-9-18(13-21(20)30-3)29(23-2)27-26-14-17-7-4-5-11-24-17/h6-13,16,23H,4-5,14-15H2,1-3H3. The van der Waals surface area contributed by atoms with Crippen molar-refractivity contribution in [1.82, 2.24) is 10.4 Å². The van der Waals surface area contributed by atoms with Gasteiger partial charge in [0.1, 0.15) is 18.1 Å². The molecule has 1 aromatic carbocycles. The van der Waals surface area contributed by atoms with Crippen molar-refractivity contribution in [2.24, 2.45) is 15.3 Å². The number of nitrogens with one attached hydrogen (secondary N) is 1. The van der Waals surface area contributed by atoms with Gasteiger partial charge in [-0.3, -0.25) is 4.99 Å². The molecule has 8 nitrogen and oxygen atoms in total. The molecule has 4 rings (SSSR count). The van der Waals surface area contributed by atoms with Crippen LogP contribution in [0, 0.1) is 0 Å². The van der Waals surface area contributed by atoms with Crippen molar-refractivity contribution < 1.29 is 4.74 Å². The lowest BCUT2D eigenvalue weighted by atomic mass is 10.1. The highest BCUT2D eigenvalue weighted by Crippen LogP contribution is 2.43. The molecular formula is C22H27N7O. The van der Waals surface area contributed by atoms with Gasteiger partial charge in [-0.25, -0.2) is 10.4 Å². The number of benzene rings is 1. The number of methoxy groups -OCH3 is 1. The number of allylic oxidation sites excluding steroid dienone is 1. The summed E-state index contributed by atoms with van der Waals surface area (Å²) in [6.07, 6.45) is 7.86. The molecule has 2 aliphatic rings. The highest BCUT2D eigenvalue weighted by molar-refractivity contribution is 5.74. The number of hydrazine groups is 1. The lowest BCUT2D eigenvalue weighted by Crippen LogP contribution is -2.29. The summed E-state index contributed by atoms with van der Waals surface area (Å²) in [6.45, 7) is 3.54. The van der Waals surface area contributed by atoms with Crippen molar-refractivity contribution in [2.45, 2.75) is 25.7 Å². The zero-order valence-electron chi connectivity index (χ0n) is 17.6. The summed E-state index contributed by atoms with van der Waals surface area (Å²) in [5.41, 5.74) is 7.07. The first-order chi connectivity index (χ1) is 14.7. The normalized spacial score (nSPS) is 17.9. The first kappa shape index (κ1) is 20.0. The number of rotatable bonds is 7. The molecule has 8 heteroatoms. The quantitative estimate of drug-likeness (QED) is 0.546. The van der Waals surface area contributed by atoms with Gasteiger partial charge in [0.15, 0.2) is 0 Å². The average Bonchev–Trinajstić information content (AvgIpc) is 3.13. The molecular weight excluding hydrogens is 378 g/mol. The molecule has 1 N–H and O–H groups in total. The zero-order chi connectivity index (χ0) is 20.9. The van der Waals surface area contributed by atoms with E-state index < -0.39 is 0 Å². The van der Waals surface area contributed by atoms with Crippen LogP contribution in [0.3, 0.4) is 0 Å². The third-order valence-corrected chi connectivity index (χ3v) is 5.29. The van der Waals surface area contributed by atoms with E-state index in [1.807, 2.05) is 36.7 Å². The molecule has 2 aliphatic heterocycles. The number of anilines is 3. The Balaban J connectivity index is 1.56. The van der Waals surface area contributed by atoms with E-state index in [9.17, 15) is 0 Å². The highest BCUT2D eigenvalue weighted by atomic mass is 16.5. The molecule has 0 aliphatic carbocycles. The van der Waals surface area contributed by atoms with Gasteiger partial charge in [-0.15, -0.1) is 0 Å². The predicted molar refractivity (Wildman–Crippen MR) is 120 cm³/mol. The smallest absolute Gasteiger partial charge is 0.144 e. The van der Waals surface area contributed by atoms with E-state index in [0.29, 0.717) is 12.5 Å². The molecule has 0 saturated carbocycles. The second-order valence-corrected chi connectivity index (χ2v) is 7.29. The van der Waals surface area contributed by atoms with E-state index in [1.54, 1.807) is 19.3 Å². The first-order valence-electron chi connectivity index (χ1n) is 10.2. The van der Waals surface area contributed by atoms with Crippen LogP contribution in [-0.4, -0.2) is 38.4 Å². The molecule has 0 spiro atoms. The van der Waals surface area contributed by atoms with Crippen LogP contribution in [0.2, 0.25) is 0 Å². The van der Waals surface area contributed by atoms with Crippen LogP contribution >= 0.6 is 0 Å². The minimum atomic E-state index is 0.414. The van der Waals surface area contributed by atoms with Gasteiger partial charge in [0.25, 0.3) is 0 Å². The molecule has 2 aromatic rings. The molecule has 3 heterocycles. The fourth-order valence-electron chi connectivity index (χ4n) is 3.77. The number of fused-ring (bicyclic) bond motifs is 1. The van der Waals surface area contributed by atoms with Gasteiger partial charge in [0.2, 0.25) is 0 Å². The monoisotopic (exact) mass is 405 g/mol. The second kappa shape index (κ2) is 9.04. The fourth-order valence-corrected chi connectivity index (χ4v) is 3.77. The Morgan fingerprint density at radius 2 is 2.20 bits per heavy atom. The summed E-state index contributed by atoms with van der Waals surface area (Å²) in [4.78, 5) is 11.2. The van der Waals surface area contributed by atoms with Crippen molar-refractivity contribution in [3.63, 3.8) is 0 Å². The zero-order valence-corrected chi connectivity index (χ0v) is 17.6. The van der Waals surface area contributed by atoms with Gasteiger partial charge < -0.3 is 9.64 Å². The van der Waals surface area contributed by atoms with Gasteiger partial charge in [-0.05, 0) is 36.6 Å². The van der Waals surface area contributed by atoms with Gasteiger partial charge in [-0.1, -0.05) is 24.3 Å². The van der Waals surface area contributed by atoms with E-state index in [2.05, 4.69) is 49.7 Å². The van der Waals surface area contributed by atoms with Crippen LogP contribution in [0.1, 0.15) is 31.2 Å². The fraction of sp³-hybridized carbons (Fsp3) is 0.364. The first-order valence-corrected chi connectivity index (χ1v) is 10.2. The molecule has 0 fully saturated rings. The van der Waals surface area contributed by atoms with Gasteiger partial charge in [0.05, 0.1) is 24.2 Å². The largest absolute Gasteiger partial charge is 0.494 e. The highest BCUT2D eigenvalue weighted by Gasteiger charge is 2.29. The van der Waals surface area contributed by atoms with Gasteiger partial charge in [0, 0.05) is 38.0 Å². The molecule has 1 aromatic heterocycles. The van der Waals surface area contributed by atoms with Crippen LogP contribution in [0.15, 0.2) is 63.6 Å². The van der Waals surface area contributed by atoms with E-state index in [1.165, 1.54) is 5.56 Å². The van der Waals surface area contributed by atoms with Gasteiger partial charge >= 0.3 is 0 Å². The third kappa shape index (κ3) is 4.04. The van der Waals surface area contributed by atoms with Gasteiger partial charge in [-0.2, -0.15) is 10.2 Å². The number of hydrogen-bond acceptors (Lipinski definition) is 7. The SMILES string of the molecule is CNN(N=NCC1=CCCC=N1)c1ccc(N2CC(C)c3cccnc32)c(OC)c1. The van der Waals surface area contributed by atoms with E-state index >= 15 is 0 Å². The van der Waals surface area contributed by atoms with E-state index in [0.717, 1.165) is 48.0 Å². The van der Waals surface area contributed by atoms with Crippen molar-refractivity contribution in [2.75, 3.05) is 37.3 Å². The Bertz CT molecular complexity index is 985.